The number of hydrogen-bond donors (Lipinski definition) is 1. The number of nitrogens with zero attached hydrogens (tertiary/aromatic N) is 1. The van der Waals surface area contributed by atoms with Gasteiger partial charge in [-0.05, 0) is 69.6 Å². The fourth-order valence-corrected chi connectivity index (χ4v) is 2.69. The van der Waals surface area contributed by atoms with Gasteiger partial charge in [0.15, 0.2) is 0 Å². The van der Waals surface area contributed by atoms with Crippen LogP contribution in [0.15, 0.2) is 24.3 Å². The molecular formula is C16H23ClN2O. The highest BCUT2D eigenvalue weighted by molar-refractivity contribution is 6.30. The van der Waals surface area contributed by atoms with Gasteiger partial charge in [0.25, 0.3) is 0 Å². The molecule has 1 fully saturated rings. The molecule has 0 spiro atoms. The Kier molecular flexibility index (Phi) is 6.34. The molecule has 0 aromatic heterocycles. The molecule has 0 radical (unpaired) electrons. The number of likely N-dealkylation sites (tertiary alicyclic amines) is 1. The molecule has 1 aromatic carbocycles. The van der Waals surface area contributed by atoms with Crippen molar-refractivity contribution < 1.29 is 4.79 Å². The summed E-state index contributed by atoms with van der Waals surface area (Å²) in [4.78, 5) is 14.3. The Hall–Kier alpha value is -1.06. The first-order chi connectivity index (χ1) is 9.74. The molecule has 1 saturated heterocycles. The first-order valence-electron chi connectivity index (χ1n) is 7.52. The third-order valence-electron chi connectivity index (χ3n) is 3.70. The maximum absolute atomic E-state index is 11.8. The van der Waals surface area contributed by atoms with E-state index in [1.54, 1.807) is 12.1 Å². The number of piperidine rings is 1. The molecule has 4 heteroatoms. The number of unbranched alkanes of at least 4 members (excludes halogenated alkanes) is 1. The lowest BCUT2D eigenvalue weighted by molar-refractivity contribution is -0.116. The lowest BCUT2D eigenvalue weighted by atomic mass is 10.1. The Morgan fingerprint density at radius 3 is 2.50 bits per heavy atom. The molecule has 2 rings (SSSR count). The molecule has 0 atom stereocenters. The van der Waals surface area contributed by atoms with Crippen LogP contribution < -0.4 is 5.32 Å². The van der Waals surface area contributed by atoms with Gasteiger partial charge >= 0.3 is 0 Å². The molecule has 1 aliphatic heterocycles. The molecule has 3 nitrogen and oxygen atoms in total. The zero-order valence-electron chi connectivity index (χ0n) is 11.9. The van der Waals surface area contributed by atoms with Crippen molar-refractivity contribution in [1.82, 2.24) is 4.90 Å². The van der Waals surface area contributed by atoms with Gasteiger partial charge in [0.05, 0.1) is 0 Å². The summed E-state index contributed by atoms with van der Waals surface area (Å²) in [5.74, 6) is 0.0889. The first-order valence-corrected chi connectivity index (χ1v) is 7.89. The monoisotopic (exact) mass is 294 g/mol. The van der Waals surface area contributed by atoms with Gasteiger partial charge in [0, 0.05) is 17.1 Å². The van der Waals surface area contributed by atoms with Crippen molar-refractivity contribution in [1.29, 1.82) is 0 Å². The fourth-order valence-electron chi connectivity index (χ4n) is 2.56. The zero-order chi connectivity index (χ0) is 14.2. The van der Waals surface area contributed by atoms with Crippen molar-refractivity contribution >= 4 is 23.2 Å². The third kappa shape index (κ3) is 5.51. The summed E-state index contributed by atoms with van der Waals surface area (Å²) in [6, 6.07) is 7.23. The van der Waals surface area contributed by atoms with Crippen molar-refractivity contribution in [3.63, 3.8) is 0 Å². The van der Waals surface area contributed by atoms with E-state index in [0.717, 1.165) is 25.1 Å². The van der Waals surface area contributed by atoms with Gasteiger partial charge in [0.1, 0.15) is 0 Å². The second-order valence-corrected chi connectivity index (χ2v) is 5.85. The van der Waals surface area contributed by atoms with E-state index in [9.17, 15) is 4.79 Å². The van der Waals surface area contributed by atoms with Gasteiger partial charge < -0.3 is 10.2 Å². The highest BCUT2D eigenvalue weighted by Gasteiger charge is 2.09. The van der Waals surface area contributed by atoms with E-state index in [1.165, 1.54) is 32.4 Å². The first kappa shape index (κ1) is 15.3. The summed E-state index contributed by atoms with van der Waals surface area (Å²) >= 11 is 5.81. The highest BCUT2D eigenvalue weighted by atomic mass is 35.5. The second-order valence-electron chi connectivity index (χ2n) is 5.41. The average molecular weight is 295 g/mol. The lowest BCUT2D eigenvalue weighted by Gasteiger charge is -2.26. The topological polar surface area (TPSA) is 32.3 Å². The largest absolute Gasteiger partial charge is 0.326 e. The minimum atomic E-state index is 0.0889. The number of hydrogen-bond acceptors (Lipinski definition) is 2. The van der Waals surface area contributed by atoms with E-state index in [2.05, 4.69) is 10.2 Å². The van der Waals surface area contributed by atoms with Crippen LogP contribution in [0.3, 0.4) is 0 Å². The number of carbonyl (C=O) groups excluding carboxylic acids is 1. The predicted molar refractivity (Wildman–Crippen MR) is 84.2 cm³/mol. The van der Waals surface area contributed by atoms with Gasteiger partial charge in [-0.3, -0.25) is 4.79 Å². The molecule has 1 aromatic rings. The molecule has 0 saturated carbocycles. The summed E-state index contributed by atoms with van der Waals surface area (Å²) in [6.45, 7) is 3.60. The van der Waals surface area contributed by atoms with Crippen molar-refractivity contribution in [2.45, 2.75) is 38.5 Å². The van der Waals surface area contributed by atoms with E-state index in [-0.39, 0.29) is 5.91 Å². The van der Waals surface area contributed by atoms with E-state index >= 15 is 0 Å². The van der Waals surface area contributed by atoms with Gasteiger partial charge in [-0.2, -0.15) is 0 Å². The van der Waals surface area contributed by atoms with Crippen LogP contribution in [0.4, 0.5) is 5.69 Å². The van der Waals surface area contributed by atoms with Crippen molar-refractivity contribution in [2.24, 2.45) is 0 Å². The maximum Gasteiger partial charge on any atom is 0.224 e. The summed E-state index contributed by atoms with van der Waals surface area (Å²) < 4.78 is 0. The van der Waals surface area contributed by atoms with Crippen LogP contribution in [0.25, 0.3) is 0 Å². The fraction of sp³-hybridized carbons (Fsp3) is 0.562. The molecule has 0 unspecified atom stereocenters. The van der Waals surface area contributed by atoms with Crippen molar-refractivity contribution in [3.05, 3.63) is 29.3 Å². The molecule has 0 bridgehead atoms. The Morgan fingerprint density at radius 2 is 1.80 bits per heavy atom. The van der Waals surface area contributed by atoms with Crippen molar-refractivity contribution in [2.75, 3.05) is 25.0 Å². The minimum Gasteiger partial charge on any atom is -0.326 e. The standard InChI is InChI=1S/C16H23ClN2O/c17-14-7-9-15(10-8-14)18-16(20)6-2-5-13-19-11-3-1-4-12-19/h7-10H,1-6,11-13H2,(H,18,20). The summed E-state index contributed by atoms with van der Waals surface area (Å²) in [5.41, 5.74) is 0.815. The predicted octanol–water partition coefficient (Wildman–Crippen LogP) is 3.93. The molecule has 1 N–H and O–H groups in total. The van der Waals surface area contributed by atoms with Crippen LogP contribution in [-0.4, -0.2) is 30.4 Å². The van der Waals surface area contributed by atoms with Crippen LogP contribution in [0.1, 0.15) is 38.5 Å². The van der Waals surface area contributed by atoms with Gasteiger partial charge in [-0.15, -0.1) is 0 Å². The Balaban J connectivity index is 1.59. The Labute approximate surface area is 126 Å². The average Bonchev–Trinajstić information content (AvgIpc) is 2.47. The molecule has 1 amide bonds. The minimum absolute atomic E-state index is 0.0889. The summed E-state index contributed by atoms with van der Waals surface area (Å²) in [5, 5.41) is 3.58. The van der Waals surface area contributed by atoms with Gasteiger partial charge in [-0.1, -0.05) is 18.0 Å². The Bertz CT molecular complexity index is 413. The van der Waals surface area contributed by atoms with Crippen LogP contribution in [-0.2, 0) is 4.79 Å². The molecule has 0 aliphatic carbocycles. The normalized spacial score (nSPS) is 16.1. The van der Waals surface area contributed by atoms with E-state index < -0.39 is 0 Å². The van der Waals surface area contributed by atoms with E-state index in [1.807, 2.05) is 12.1 Å². The number of rotatable bonds is 6. The number of nitrogens with one attached hydrogen (secondary N) is 1. The maximum atomic E-state index is 11.8. The SMILES string of the molecule is O=C(CCCCN1CCCCC1)Nc1ccc(Cl)cc1. The molecule has 1 aliphatic rings. The quantitative estimate of drug-likeness (QED) is 0.806. The lowest BCUT2D eigenvalue weighted by Crippen LogP contribution is -2.30. The van der Waals surface area contributed by atoms with E-state index in [0.29, 0.717) is 11.4 Å². The molecular weight excluding hydrogens is 272 g/mol. The van der Waals surface area contributed by atoms with Crippen LogP contribution in [0.2, 0.25) is 5.02 Å². The van der Waals surface area contributed by atoms with Gasteiger partial charge in [-0.25, -0.2) is 0 Å². The van der Waals surface area contributed by atoms with Crippen LogP contribution >= 0.6 is 11.6 Å². The molecule has 1 heterocycles. The number of halogens is 1. The Morgan fingerprint density at radius 1 is 1.10 bits per heavy atom. The third-order valence-corrected chi connectivity index (χ3v) is 3.96. The summed E-state index contributed by atoms with van der Waals surface area (Å²) in [6.07, 6.45) is 6.69. The summed E-state index contributed by atoms with van der Waals surface area (Å²) in [7, 11) is 0. The zero-order valence-corrected chi connectivity index (χ0v) is 12.7. The van der Waals surface area contributed by atoms with E-state index in [4.69, 9.17) is 11.6 Å². The number of anilines is 1. The van der Waals surface area contributed by atoms with Crippen LogP contribution in [0, 0.1) is 0 Å². The second kappa shape index (κ2) is 8.28. The number of amides is 1. The molecule has 20 heavy (non-hydrogen) atoms. The smallest absolute Gasteiger partial charge is 0.224 e. The highest BCUT2D eigenvalue weighted by Crippen LogP contribution is 2.14. The van der Waals surface area contributed by atoms with Crippen LogP contribution in [0.5, 0.6) is 0 Å². The number of carbonyl (C=O) groups is 1. The van der Waals surface area contributed by atoms with Crippen molar-refractivity contribution in [3.8, 4) is 0 Å². The van der Waals surface area contributed by atoms with Gasteiger partial charge in [0.2, 0.25) is 5.91 Å². The number of benzene rings is 1. The molecule has 110 valence electrons.